The van der Waals surface area contributed by atoms with E-state index in [0.29, 0.717) is 29.2 Å². The lowest BCUT2D eigenvalue weighted by Gasteiger charge is -2.13. The van der Waals surface area contributed by atoms with Crippen LogP contribution < -0.4 is 14.8 Å². The molecule has 6 heteroatoms. The molecule has 0 spiro atoms. The van der Waals surface area contributed by atoms with Crippen LogP contribution in [0.25, 0.3) is 0 Å². The molecule has 3 nitrogen and oxygen atoms in total. The minimum atomic E-state index is -0.991. The quantitative estimate of drug-likeness (QED) is 0.912. The summed E-state index contributed by atoms with van der Waals surface area (Å²) in [5.74, 6) is -1.81. The van der Waals surface area contributed by atoms with E-state index in [1.54, 1.807) is 18.2 Å². The summed E-state index contributed by atoms with van der Waals surface area (Å²) in [7, 11) is 3.00. The molecule has 0 aliphatic carbocycles. The van der Waals surface area contributed by atoms with Crippen LogP contribution in [-0.4, -0.2) is 14.2 Å². The van der Waals surface area contributed by atoms with Crippen LogP contribution in [0.2, 0.25) is 0 Å². The zero-order chi connectivity index (χ0) is 15.4. The molecule has 0 aromatic heterocycles. The van der Waals surface area contributed by atoms with Crippen molar-refractivity contribution >= 4 is 5.69 Å². The molecule has 0 heterocycles. The first kappa shape index (κ1) is 15.0. The van der Waals surface area contributed by atoms with E-state index < -0.39 is 17.5 Å². The van der Waals surface area contributed by atoms with Gasteiger partial charge in [-0.25, -0.2) is 13.2 Å². The highest BCUT2D eigenvalue weighted by atomic mass is 19.1. The number of benzene rings is 2. The van der Waals surface area contributed by atoms with Crippen LogP contribution in [-0.2, 0) is 6.54 Å². The third-order valence-electron chi connectivity index (χ3n) is 2.95. The summed E-state index contributed by atoms with van der Waals surface area (Å²) in [4.78, 5) is 0. The molecular formula is C15H14F3NO2. The number of anilines is 1. The Morgan fingerprint density at radius 3 is 2.19 bits per heavy atom. The lowest BCUT2D eigenvalue weighted by Crippen LogP contribution is -2.06. The number of hydrogen-bond donors (Lipinski definition) is 1. The Morgan fingerprint density at radius 2 is 1.62 bits per heavy atom. The molecule has 1 N–H and O–H groups in total. The lowest BCUT2D eigenvalue weighted by molar-refractivity contribution is 0.399. The summed E-state index contributed by atoms with van der Waals surface area (Å²) >= 11 is 0. The van der Waals surface area contributed by atoms with Crippen molar-refractivity contribution in [3.05, 3.63) is 53.3 Å². The number of methoxy groups -OCH3 is 2. The Kier molecular flexibility index (Phi) is 4.57. The molecule has 0 amide bonds. The van der Waals surface area contributed by atoms with Gasteiger partial charge >= 0.3 is 0 Å². The Balaban J connectivity index is 2.24. The summed E-state index contributed by atoms with van der Waals surface area (Å²) in [6.45, 7) is 0.0971. The van der Waals surface area contributed by atoms with Crippen molar-refractivity contribution in [2.24, 2.45) is 0 Å². The Bertz CT molecular complexity index is 624. The van der Waals surface area contributed by atoms with Crippen LogP contribution in [0.3, 0.4) is 0 Å². The number of nitrogens with one attached hydrogen (secondary N) is 1. The van der Waals surface area contributed by atoms with E-state index in [0.717, 1.165) is 0 Å². The van der Waals surface area contributed by atoms with Crippen LogP contribution in [0, 0.1) is 17.5 Å². The van der Waals surface area contributed by atoms with Crippen molar-refractivity contribution < 1.29 is 22.6 Å². The molecule has 0 saturated carbocycles. The van der Waals surface area contributed by atoms with Gasteiger partial charge < -0.3 is 14.8 Å². The normalized spacial score (nSPS) is 10.3. The highest BCUT2D eigenvalue weighted by Gasteiger charge is 2.12. The van der Waals surface area contributed by atoms with E-state index in [-0.39, 0.29) is 12.2 Å². The number of halogens is 3. The van der Waals surface area contributed by atoms with Crippen molar-refractivity contribution in [1.82, 2.24) is 0 Å². The molecule has 0 unspecified atom stereocenters. The van der Waals surface area contributed by atoms with Crippen molar-refractivity contribution in [3.63, 3.8) is 0 Å². The summed E-state index contributed by atoms with van der Waals surface area (Å²) < 4.78 is 50.2. The first-order valence-corrected chi connectivity index (χ1v) is 6.14. The van der Waals surface area contributed by atoms with Gasteiger partial charge in [-0.3, -0.25) is 0 Å². The minimum Gasteiger partial charge on any atom is -0.497 e. The van der Waals surface area contributed by atoms with Gasteiger partial charge in [-0.05, 0) is 18.2 Å². The van der Waals surface area contributed by atoms with E-state index in [4.69, 9.17) is 9.47 Å². The third kappa shape index (κ3) is 3.39. The van der Waals surface area contributed by atoms with Gasteiger partial charge in [-0.1, -0.05) is 0 Å². The first-order valence-electron chi connectivity index (χ1n) is 6.14. The Morgan fingerprint density at radius 1 is 0.952 bits per heavy atom. The summed E-state index contributed by atoms with van der Waals surface area (Å²) in [6, 6.07) is 6.32. The van der Waals surface area contributed by atoms with Crippen LogP contribution in [0.4, 0.5) is 18.9 Å². The first-order chi connectivity index (χ1) is 10.0. The average molecular weight is 297 g/mol. The van der Waals surface area contributed by atoms with Gasteiger partial charge in [-0.2, -0.15) is 0 Å². The zero-order valence-electron chi connectivity index (χ0n) is 11.5. The van der Waals surface area contributed by atoms with Crippen molar-refractivity contribution in [3.8, 4) is 11.5 Å². The highest BCUT2D eigenvalue weighted by Crippen LogP contribution is 2.26. The number of ether oxygens (including phenoxy) is 2. The molecule has 21 heavy (non-hydrogen) atoms. The van der Waals surface area contributed by atoms with Gasteiger partial charge in [0.15, 0.2) is 11.6 Å². The fraction of sp³-hybridized carbons (Fsp3) is 0.200. The molecule has 0 fully saturated rings. The molecule has 0 radical (unpaired) electrons. The van der Waals surface area contributed by atoms with E-state index in [2.05, 4.69) is 5.32 Å². The lowest BCUT2D eigenvalue weighted by atomic mass is 10.1. The standard InChI is InChI=1S/C15H14F3NO2/c1-20-11-3-4-14(21-2)9(5-11)8-19-15-12(17)6-10(16)7-13(15)18/h3-7,19H,8H2,1-2H3. The van der Waals surface area contributed by atoms with Crippen LogP contribution in [0.5, 0.6) is 11.5 Å². The largest absolute Gasteiger partial charge is 0.497 e. The minimum absolute atomic E-state index is 0.0971. The predicted octanol–water partition coefficient (Wildman–Crippen LogP) is 3.73. The molecular weight excluding hydrogens is 283 g/mol. The van der Waals surface area contributed by atoms with E-state index in [1.807, 2.05) is 0 Å². The second-order valence-corrected chi connectivity index (χ2v) is 4.28. The topological polar surface area (TPSA) is 30.5 Å². The second-order valence-electron chi connectivity index (χ2n) is 4.28. The summed E-state index contributed by atoms with van der Waals surface area (Å²) in [5, 5.41) is 2.60. The van der Waals surface area contributed by atoms with Gasteiger partial charge in [0.1, 0.15) is 23.0 Å². The second kappa shape index (κ2) is 6.39. The molecule has 2 rings (SSSR count). The fourth-order valence-electron chi connectivity index (χ4n) is 1.91. The molecule has 0 saturated heterocycles. The van der Waals surface area contributed by atoms with E-state index >= 15 is 0 Å². The summed E-state index contributed by atoms with van der Waals surface area (Å²) in [5.41, 5.74) is 0.265. The fourth-order valence-corrected chi connectivity index (χ4v) is 1.91. The molecule has 2 aromatic rings. The molecule has 0 atom stereocenters. The molecule has 2 aromatic carbocycles. The maximum atomic E-state index is 13.5. The van der Waals surface area contributed by atoms with E-state index in [1.165, 1.54) is 14.2 Å². The van der Waals surface area contributed by atoms with Gasteiger partial charge in [0.25, 0.3) is 0 Å². The van der Waals surface area contributed by atoms with Crippen molar-refractivity contribution in [2.75, 3.05) is 19.5 Å². The SMILES string of the molecule is COc1ccc(OC)c(CNc2c(F)cc(F)cc2F)c1. The average Bonchev–Trinajstić information content (AvgIpc) is 2.45. The van der Waals surface area contributed by atoms with E-state index in [9.17, 15) is 13.2 Å². The third-order valence-corrected chi connectivity index (χ3v) is 2.95. The Hall–Kier alpha value is -2.37. The monoisotopic (exact) mass is 297 g/mol. The Labute approximate surface area is 120 Å². The van der Waals surface area contributed by atoms with Crippen molar-refractivity contribution in [1.29, 1.82) is 0 Å². The number of hydrogen-bond acceptors (Lipinski definition) is 3. The highest BCUT2D eigenvalue weighted by molar-refractivity contribution is 5.49. The summed E-state index contributed by atoms with van der Waals surface area (Å²) in [6.07, 6.45) is 0. The smallest absolute Gasteiger partial charge is 0.152 e. The molecule has 0 bridgehead atoms. The van der Waals surface area contributed by atoms with Crippen LogP contribution in [0.1, 0.15) is 5.56 Å². The predicted molar refractivity (Wildman–Crippen MR) is 73.2 cm³/mol. The molecule has 112 valence electrons. The number of rotatable bonds is 5. The van der Waals surface area contributed by atoms with Gasteiger partial charge in [0, 0.05) is 24.2 Å². The maximum Gasteiger partial charge on any atom is 0.152 e. The van der Waals surface area contributed by atoms with Gasteiger partial charge in [0.05, 0.1) is 14.2 Å². The molecule has 0 aliphatic heterocycles. The van der Waals surface area contributed by atoms with Crippen LogP contribution >= 0.6 is 0 Å². The maximum absolute atomic E-state index is 13.5. The van der Waals surface area contributed by atoms with Gasteiger partial charge in [-0.15, -0.1) is 0 Å². The zero-order valence-corrected chi connectivity index (χ0v) is 11.5. The van der Waals surface area contributed by atoms with Gasteiger partial charge in [0.2, 0.25) is 0 Å². The van der Waals surface area contributed by atoms with Crippen LogP contribution in [0.15, 0.2) is 30.3 Å². The molecule has 0 aliphatic rings. The van der Waals surface area contributed by atoms with Crippen molar-refractivity contribution in [2.45, 2.75) is 6.54 Å².